The topological polar surface area (TPSA) is 130 Å². The Kier molecular flexibility index (Phi) is 6.36. The van der Waals surface area contributed by atoms with Crippen LogP contribution in [-0.4, -0.2) is 69.2 Å². The largest absolute Gasteiger partial charge is 0.480 e. The van der Waals surface area contributed by atoms with Crippen molar-refractivity contribution in [3.8, 4) is 0 Å². The third-order valence-corrected chi connectivity index (χ3v) is 2.18. The summed E-state index contributed by atoms with van der Waals surface area (Å²) < 4.78 is 0. The first-order valence-electron chi connectivity index (χ1n) is 4.71. The zero-order valence-electron chi connectivity index (χ0n) is 9.17. The molecule has 0 aromatic rings. The molecule has 98 valence electrons. The van der Waals surface area contributed by atoms with Crippen LogP contribution < -0.4 is 5.43 Å². The van der Waals surface area contributed by atoms with E-state index >= 15 is 0 Å². The van der Waals surface area contributed by atoms with Gasteiger partial charge in [-0.25, -0.2) is 0 Å². The van der Waals surface area contributed by atoms with E-state index in [1.807, 2.05) is 0 Å². The summed E-state index contributed by atoms with van der Waals surface area (Å²) >= 11 is 0. The number of aliphatic carboxylic acids is 1. The van der Waals surface area contributed by atoms with Crippen LogP contribution in [0, 0.1) is 0 Å². The predicted molar refractivity (Wildman–Crippen MR) is 56.7 cm³/mol. The number of aliphatic hydroxyl groups is 3. The number of carboxylic acid groups (broad SMARTS) is 1. The van der Waals surface area contributed by atoms with E-state index in [0.29, 0.717) is 0 Å². The van der Waals surface area contributed by atoms with Crippen LogP contribution in [0.3, 0.4) is 0 Å². The van der Waals surface area contributed by atoms with Gasteiger partial charge in [0.2, 0.25) is 0 Å². The van der Waals surface area contributed by atoms with Crippen molar-refractivity contribution in [3.05, 3.63) is 12.7 Å². The van der Waals surface area contributed by atoms with Gasteiger partial charge in [0.05, 0.1) is 19.8 Å². The van der Waals surface area contributed by atoms with Crippen LogP contribution in [0.2, 0.25) is 0 Å². The molecule has 0 aliphatic rings. The van der Waals surface area contributed by atoms with Crippen LogP contribution in [0.15, 0.2) is 12.7 Å². The van der Waals surface area contributed by atoms with Gasteiger partial charge in [-0.15, -0.1) is 0 Å². The van der Waals surface area contributed by atoms with Gasteiger partial charge in [-0.2, -0.15) is 5.01 Å². The zero-order valence-corrected chi connectivity index (χ0v) is 9.17. The van der Waals surface area contributed by atoms with Crippen LogP contribution in [0.1, 0.15) is 0 Å². The SMILES string of the molecule is C=CC(=O)NN(CC(=O)O)C(CO)(CO)CO. The number of carbonyl (C=O) groups is 2. The molecule has 0 saturated heterocycles. The molecule has 0 bridgehead atoms. The van der Waals surface area contributed by atoms with Crippen molar-refractivity contribution < 1.29 is 30.0 Å². The first-order valence-corrected chi connectivity index (χ1v) is 4.71. The highest BCUT2D eigenvalue weighted by molar-refractivity contribution is 5.86. The van der Waals surface area contributed by atoms with Crippen molar-refractivity contribution in [2.75, 3.05) is 26.4 Å². The molecule has 1 amide bonds. The molecule has 0 radical (unpaired) electrons. The van der Waals surface area contributed by atoms with Gasteiger partial charge < -0.3 is 20.4 Å². The van der Waals surface area contributed by atoms with Gasteiger partial charge in [-0.1, -0.05) is 6.58 Å². The second-order valence-corrected chi connectivity index (χ2v) is 3.36. The van der Waals surface area contributed by atoms with Crippen LogP contribution >= 0.6 is 0 Å². The molecule has 0 aliphatic heterocycles. The second-order valence-electron chi connectivity index (χ2n) is 3.36. The van der Waals surface area contributed by atoms with Gasteiger partial charge in [-0.05, 0) is 6.08 Å². The van der Waals surface area contributed by atoms with Gasteiger partial charge in [0.1, 0.15) is 12.1 Å². The van der Waals surface area contributed by atoms with Crippen LogP contribution in [0.4, 0.5) is 0 Å². The van der Waals surface area contributed by atoms with E-state index in [0.717, 1.165) is 11.1 Å². The third kappa shape index (κ3) is 4.11. The number of amides is 1. The summed E-state index contributed by atoms with van der Waals surface area (Å²) in [6.07, 6.45) is 0.895. The van der Waals surface area contributed by atoms with Gasteiger partial charge in [0.15, 0.2) is 0 Å². The maximum absolute atomic E-state index is 11.1. The van der Waals surface area contributed by atoms with Crippen molar-refractivity contribution in [1.29, 1.82) is 0 Å². The molecule has 5 N–H and O–H groups in total. The lowest BCUT2D eigenvalue weighted by atomic mass is 10.0. The van der Waals surface area contributed by atoms with Gasteiger partial charge in [-0.3, -0.25) is 15.0 Å². The Morgan fingerprint density at radius 3 is 2.00 bits per heavy atom. The molecule has 0 spiro atoms. The van der Waals surface area contributed by atoms with Crippen LogP contribution in [-0.2, 0) is 9.59 Å². The summed E-state index contributed by atoms with van der Waals surface area (Å²) in [4.78, 5) is 21.7. The highest BCUT2D eigenvalue weighted by Gasteiger charge is 2.37. The quantitative estimate of drug-likeness (QED) is 0.233. The highest BCUT2D eigenvalue weighted by Crippen LogP contribution is 2.11. The molecular formula is C9H16N2O6. The predicted octanol–water partition coefficient (Wildman–Crippen LogP) is -2.69. The van der Waals surface area contributed by atoms with Gasteiger partial charge in [0, 0.05) is 0 Å². The zero-order chi connectivity index (χ0) is 13.5. The molecule has 0 fully saturated rings. The number of hydrazine groups is 1. The van der Waals surface area contributed by atoms with Crippen molar-refractivity contribution in [2.45, 2.75) is 5.54 Å². The molecule has 0 aromatic heterocycles. The van der Waals surface area contributed by atoms with E-state index in [1.54, 1.807) is 0 Å². The first kappa shape index (κ1) is 15.5. The maximum Gasteiger partial charge on any atom is 0.319 e. The Morgan fingerprint density at radius 2 is 1.71 bits per heavy atom. The molecule has 0 aliphatic carbocycles. The van der Waals surface area contributed by atoms with Crippen LogP contribution in [0.25, 0.3) is 0 Å². The lowest BCUT2D eigenvalue weighted by Gasteiger charge is -2.38. The monoisotopic (exact) mass is 248 g/mol. The van der Waals surface area contributed by atoms with E-state index in [1.165, 1.54) is 0 Å². The van der Waals surface area contributed by atoms with E-state index in [9.17, 15) is 9.59 Å². The molecule has 8 heteroatoms. The molecule has 0 heterocycles. The lowest BCUT2D eigenvalue weighted by Crippen LogP contribution is -2.64. The first-order chi connectivity index (χ1) is 7.95. The second kappa shape index (κ2) is 6.97. The lowest BCUT2D eigenvalue weighted by molar-refractivity contribution is -0.148. The number of nitrogens with zero attached hydrogens (tertiary/aromatic N) is 1. The molecule has 0 rings (SSSR count). The number of carboxylic acids is 1. The summed E-state index contributed by atoms with van der Waals surface area (Å²) in [7, 11) is 0. The Labute approximate surface area is 97.7 Å². The fraction of sp³-hybridized carbons (Fsp3) is 0.556. The molecular weight excluding hydrogens is 232 g/mol. The minimum absolute atomic E-state index is 0.693. The molecule has 0 atom stereocenters. The number of carbonyl (C=O) groups excluding carboxylic acids is 1. The fourth-order valence-corrected chi connectivity index (χ4v) is 1.05. The molecule has 0 unspecified atom stereocenters. The Hall–Kier alpha value is -1.48. The number of nitrogens with one attached hydrogen (secondary N) is 1. The van der Waals surface area contributed by atoms with E-state index < -0.39 is 43.8 Å². The van der Waals surface area contributed by atoms with E-state index in [-0.39, 0.29) is 0 Å². The van der Waals surface area contributed by atoms with Crippen molar-refractivity contribution >= 4 is 11.9 Å². The number of rotatable bonds is 8. The minimum Gasteiger partial charge on any atom is -0.480 e. The van der Waals surface area contributed by atoms with Gasteiger partial charge in [0.25, 0.3) is 5.91 Å². The highest BCUT2D eigenvalue weighted by atomic mass is 16.4. The molecule has 8 nitrogen and oxygen atoms in total. The number of hydrogen-bond donors (Lipinski definition) is 5. The molecule has 0 aromatic carbocycles. The Balaban J connectivity index is 5.03. The maximum atomic E-state index is 11.1. The van der Waals surface area contributed by atoms with Crippen molar-refractivity contribution in [3.63, 3.8) is 0 Å². The summed E-state index contributed by atoms with van der Waals surface area (Å²) in [6.45, 7) is 0.291. The summed E-state index contributed by atoms with van der Waals surface area (Å²) in [5.41, 5.74) is 0.452. The Morgan fingerprint density at radius 1 is 1.24 bits per heavy atom. The average Bonchev–Trinajstić information content (AvgIpc) is 2.31. The smallest absolute Gasteiger partial charge is 0.319 e. The normalized spacial score (nSPS) is 11.3. The summed E-state index contributed by atoms with van der Waals surface area (Å²) in [5, 5.41) is 36.8. The Bertz CT molecular complexity index is 281. The van der Waals surface area contributed by atoms with Crippen molar-refractivity contribution in [2.24, 2.45) is 0 Å². The van der Waals surface area contributed by atoms with Crippen LogP contribution in [0.5, 0.6) is 0 Å². The third-order valence-electron chi connectivity index (χ3n) is 2.18. The van der Waals surface area contributed by atoms with Crippen molar-refractivity contribution in [1.82, 2.24) is 10.4 Å². The minimum atomic E-state index is -1.66. The summed E-state index contributed by atoms with van der Waals surface area (Å²) in [6, 6.07) is 0. The molecule has 17 heavy (non-hydrogen) atoms. The molecule has 0 saturated carbocycles. The van der Waals surface area contributed by atoms with E-state index in [4.69, 9.17) is 20.4 Å². The summed E-state index contributed by atoms with van der Waals surface area (Å²) in [5.74, 6) is -2.01. The standard InChI is InChI=1S/C9H16N2O6/c1-2-7(15)10-11(3-8(16)17)9(4-12,5-13)6-14/h2,12-14H,1,3-6H2,(H,10,15)(H,16,17). The number of hydrogen-bond acceptors (Lipinski definition) is 6. The number of aliphatic hydroxyl groups excluding tert-OH is 3. The van der Waals surface area contributed by atoms with Gasteiger partial charge >= 0.3 is 5.97 Å². The fourth-order valence-electron chi connectivity index (χ4n) is 1.05. The van der Waals surface area contributed by atoms with E-state index in [2.05, 4.69) is 12.0 Å². The average molecular weight is 248 g/mol.